The van der Waals surface area contributed by atoms with Gasteiger partial charge in [0.1, 0.15) is 4.90 Å². The van der Waals surface area contributed by atoms with E-state index in [-0.39, 0.29) is 15.8 Å². The van der Waals surface area contributed by atoms with Crippen LogP contribution < -0.4 is 4.90 Å². The topological polar surface area (TPSA) is 60.9 Å². The SMILES string of the molecule is CCN(CC)S(=O)(=O)c1cc(C(=O)N(C)Cc2ccccc2N2CCCC2)ccc1Cl. The van der Waals surface area contributed by atoms with E-state index in [2.05, 4.69) is 11.0 Å². The molecule has 1 aliphatic heterocycles. The zero-order chi connectivity index (χ0) is 22.6. The van der Waals surface area contributed by atoms with E-state index in [0.717, 1.165) is 24.3 Å². The molecule has 0 N–H and O–H groups in total. The van der Waals surface area contributed by atoms with Crippen molar-refractivity contribution in [2.75, 3.05) is 38.1 Å². The van der Waals surface area contributed by atoms with Crippen LogP contribution in [0.3, 0.4) is 0 Å². The molecule has 1 saturated heterocycles. The van der Waals surface area contributed by atoms with E-state index in [0.29, 0.717) is 25.2 Å². The van der Waals surface area contributed by atoms with Gasteiger partial charge in [-0.3, -0.25) is 4.79 Å². The normalized spacial score (nSPS) is 14.3. The van der Waals surface area contributed by atoms with Crippen molar-refractivity contribution in [1.82, 2.24) is 9.21 Å². The van der Waals surface area contributed by atoms with Gasteiger partial charge in [-0.15, -0.1) is 0 Å². The van der Waals surface area contributed by atoms with Crippen LogP contribution in [0.5, 0.6) is 0 Å². The molecule has 0 aliphatic carbocycles. The van der Waals surface area contributed by atoms with Crippen LogP contribution in [0.1, 0.15) is 42.6 Å². The number of benzene rings is 2. The number of carbonyl (C=O) groups excluding carboxylic acids is 1. The summed E-state index contributed by atoms with van der Waals surface area (Å²) in [6, 6.07) is 12.6. The highest BCUT2D eigenvalue weighted by Crippen LogP contribution is 2.28. The summed E-state index contributed by atoms with van der Waals surface area (Å²) < 4.78 is 27.2. The lowest BCUT2D eigenvalue weighted by Gasteiger charge is -2.25. The molecule has 168 valence electrons. The van der Waals surface area contributed by atoms with Crippen LogP contribution in [0.4, 0.5) is 5.69 Å². The fourth-order valence-electron chi connectivity index (χ4n) is 4.00. The van der Waals surface area contributed by atoms with Gasteiger partial charge in [0, 0.05) is 51.0 Å². The lowest BCUT2D eigenvalue weighted by molar-refractivity contribution is 0.0785. The van der Waals surface area contributed by atoms with Crippen molar-refractivity contribution in [3.8, 4) is 0 Å². The molecule has 0 aromatic heterocycles. The molecule has 3 rings (SSSR count). The van der Waals surface area contributed by atoms with Gasteiger partial charge in [-0.25, -0.2) is 8.42 Å². The molecule has 2 aromatic carbocycles. The van der Waals surface area contributed by atoms with Crippen LogP contribution in [0.2, 0.25) is 5.02 Å². The van der Waals surface area contributed by atoms with Crippen molar-refractivity contribution >= 4 is 33.2 Å². The molecule has 0 saturated carbocycles. The number of nitrogens with zero attached hydrogens (tertiary/aromatic N) is 3. The Morgan fingerprint density at radius 1 is 1.06 bits per heavy atom. The third kappa shape index (κ3) is 5.05. The summed E-state index contributed by atoms with van der Waals surface area (Å²) in [5, 5.41) is 0.116. The highest BCUT2D eigenvalue weighted by molar-refractivity contribution is 7.89. The molecule has 0 unspecified atom stereocenters. The van der Waals surface area contributed by atoms with E-state index in [1.54, 1.807) is 31.9 Å². The second kappa shape index (κ2) is 10.0. The Morgan fingerprint density at radius 3 is 2.35 bits per heavy atom. The molecule has 1 fully saturated rings. The summed E-state index contributed by atoms with van der Waals surface area (Å²) in [5.41, 5.74) is 2.53. The number of carbonyl (C=O) groups is 1. The first kappa shape index (κ1) is 23.6. The fourth-order valence-corrected chi connectivity index (χ4v) is 5.95. The number of anilines is 1. The fraction of sp³-hybridized carbons (Fsp3) is 0.435. The third-order valence-electron chi connectivity index (χ3n) is 5.69. The summed E-state index contributed by atoms with van der Waals surface area (Å²) in [7, 11) is -2.03. The number of halogens is 1. The molecule has 2 aromatic rings. The van der Waals surface area contributed by atoms with Crippen LogP contribution >= 0.6 is 11.6 Å². The lowest BCUT2D eigenvalue weighted by atomic mass is 10.1. The molecule has 0 bridgehead atoms. The first-order valence-corrected chi connectivity index (χ1v) is 12.5. The largest absolute Gasteiger partial charge is 0.371 e. The van der Waals surface area contributed by atoms with Gasteiger partial charge in [0.2, 0.25) is 10.0 Å². The van der Waals surface area contributed by atoms with Gasteiger partial charge in [0.25, 0.3) is 5.91 Å². The number of sulfonamides is 1. The first-order valence-electron chi connectivity index (χ1n) is 10.7. The first-order chi connectivity index (χ1) is 14.8. The average molecular weight is 464 g/mol. The highest BCUT2D eigenvalue weighted by Gasteiger charge is 2.26. The minimum atomic E-state index is -3.77. The number of amides is 1. The molecule has 1 amide bonds. The van der Waals surface area contributed by atoms with Gasteiger partial charge in [-0.1, -0.05) is 43.6 Å². The van der Waals surface area contributed by atoms with Gasteiger partial charge < -0.3 is 9.80 Å². The van der Waals surface area contributed by atoms with Crippen molar-refractivity contribution in [3.05, 3.63) is 58.6 Å². The quantitative estimate of drug-likeness (QED) is 0.587. The second-order valence-corrected chi connectivity index (χ2v) is 10.0. The maximum absolute atomic E-state index is 13.1. The van der Waals surface area contributed by atoms with E-state index >= 15 is 0 Å². The van der Waals surface area contributed by atoms with E-state index in [1.807, 2.05) is 18.2 Å². The summed E-state index contributed by atoms with van der Waals surface area (Å²) in [4.78, 5) is 17.1. The Bertz CT molecular complexity index is 1030. The van der Waals surface area contributed by atoms with E-state index < -0.39 is 10.0 Å². The zero-order valence-corrected chi connectivity index (χ0v) is 19.9. The minimum Gasteiger partial charge on any atom is -0.371 e. The van der Waals surface area contributed by atoms with Gasteiger partial charge in [0.15, 0.2) is 0 Å². The summed E-state index contributed by atoms with van der Waals surface area (Å²) in [6.07, 6.45) is 2.36. The van der Waals surface area contributed by atoms with Crippen LogP contribution in [-0.2, 0) is 16.6 Å². The smallest absolute Gasteiger partial charge is 0.253 e. The average Bonchev–Trinajstić information content (AvgIpc) is 3.29. The van der Waals surface area contributed by atoms with Crippen molar-refractivity contribution in [3.63, 3.8) is 0 Å². The maximum atomic E-state index is 13.1. The van der Waals surface area contributed by atoms with Crippen LogP contribution in [-0.4, -0.2) is 56.8 Å². The Labute approximate surface area is 190 Å². The summed E-state index contributed by atoms with van der Waals surface area (Å²) in [6.45, 7) is 6.70. The zero-order valence-electron chi connectivity index (χ0n) is 18.3. The standard InChI is InChI=1S/C23H30ClN3O3S/c1-4-27(5-2)31(29,30)22-16-18(12-13-20(22)24)23(28)25(3)17-19-10-6-7-11-21(19)26-14-8-9-15-26/h6-7,10-13,16H,4-5,8-9,14-15,17H2,1-3H3. The van der Waals surface area contributed by atoms with E-state index in [9.17, 15) is 13.2 Å². The lowest BCUT2D eigenvalue weighted by Crippen LogP contribution is -2.31. The molecular weight excluding hydrogens is 434 g/mol. The predicted octanol–water partition coefficient (Wildman–Crippen LogP) is 4.24. The number of hydrogen-bond acceptors (Lipinski definition) is 4. The summed E-state index contributed by atoms with van der Waals surface area (Å²) in [5.74, 6) is -0.246. The van der Waals surface area contributed by atoms with Crippen molar-refractivity contribution in [1.29, 1.82) is 0 Å². The molecular formula is C23H30ClN3O3S. The molecule has 1 aliphatic rings. The summed E-state index contributed by atoms with van der Waals surface area (Å²) >= 11 is 6.21. The molecule has 0 spiro atoms. The van der Waals surface area contributed by atoms with Gasteiger partial charge in [0.05, 0.1) is 5.02 Å². The maximum Gasteiger partial charge on any atom is 0.253 e. The molecule has 0 atom stereocenters. The van der Waals surface area contributed by atoms with Crippen LogP contribution in [0.15, 0.2) is 47.4 Å². The number of para-hydroxylation sites is 1. The number of hydrogen-bond donors (Lipinski definition) is 0. The van der Waals surface area contributed by atoms with Crippen LogP contribution in [0.25, 0.3) is 0 Å². The minimum absolute atomic E-state index is 0.0328. The third-order valence-corrected chi connectivity index (χ3v) is 8.23. The highest BCUT2D eigenvalue weighted by atomic mass is 35.5. The predicted molar refractivity (Wildman–Crippen MR) is 125 cm³/mol. The molecule has 6 nitrogen and oxygen atoms in total. The number of rotatable bonds is 8. The molecule has 31 heavy (non-hydrogen) atoms. The monoisotopic (exact) mass is 463 g/mol. The van der Waals surface area contributed by atoms with Crippen molar-refractivity contribution < 1.29 is 13.2 Å². The Hall–Kier alpha value is -2.09. The molecule has 8 heteroatoms. The Kier molecular flexibility index (Phi) is 7.62. The van der Waals surface area contributed by atoms with Crippen LogP contribution in [0, 0.1) is 0 Å². The van der Waals surface area contributed by atoms with Gasteiger partial charge in [-0.05, 0) is 42.7 Å². The Morgan fingerprint density at radius 2 is 1.71 bits per heavy atom. The Balaban J connectivity index is 1.86. The van der Waals surface area contributed by atoms with Gasteiger partial charge >= 0.3 is 0 Å². The van der Waals surface area contributed by atoms with Crippen molar-refractivity contribution in [2.45, 2.75) is 38.1 Å². The second-order valence-electron chi connectivity index (χ2n) is 7.72. The van der Waals surface area contributed by atoms with Crippen molar-refractivity contribution in [2.24, 2.45) is 0 Å². The van der Waals surface area contributed by atoms with Gasteiger partial charge in [-0.2, -0.15) is 4.31 Å². The molecule has 1 heterocycles. The van der Waals surface area contributed by atoms with E-state index in [4.69, 9.17) is 11.6 Å². The van der Waals surface area contributed by atoms with E-state index in [1.165, 1.54) is 29.3 Å². The molecule has 0 radical (unpaired) electrons.